The predicted octanol–water partition coefficient (Wildman–Crippen LogP) is 1.91. The van der Waals surface area contributed by atoms with Gasteiger partial charge in [-0.15, -0.1) is 0 Å². The minimum Gasteiger partial charge on any atom is -0.477 e. The number of allylic oxidation sites excluding steroid dienone is 1. The molecule has 29 nitrogen and oxygen atoms in total. The van der Waals surface area contributed by atoms with Crippen LogP contribution in [0.25, 0.3) is 0 Å². The van der Waals surface area contributed by atoms with Gasteiger partial charge >= 0.3 is 5.97 Å². The Bertz CT molecular complexity index is 2210. The fourth-order valence-corrected chi connectivity index (χ4v) is 13.2. The molecule has 98 heavy (non-hydrogen) atoms. The number of carboxylic acids is 1. The van der Waals surface area contributed by atoms with E-state index in [2.05, 4.69) is 29.8 Å². The first kappa shape index (κ1) is 87.2. The number of amides is 3. The summed E-state index contributed by atoms with van der Waals surface area (Å²) in [5, 5.41) is 163. The van der Waals surface area contributed by atoms with Crippen molar-refractivity contribution in [2.45, 2.75) is 367 Å². The maximum absolute atomic E-state index is 13.6. The normalized spacial score (nSPS) is 31.9. The third-order valence-corrected chi connectivity index (χ3v) is 19.0. The Morgan fingerprint density at radius 3 is 1.48 bits per heavy atom. The Balaban J connectivity index is 1.52. The zero-order valence-corrected chi connectivity index (χ0v) is 58.5. The summed E-state index contributed by atoms with van der Waals surface area (Å²) in [6, 6.07) is -4.52. The summed E-state index contributed by atoms with van der Waals surface area (Å²) < 4.78 is 47.9. The van der Waals surface area contributed by atoms with E-state index in [0.29, 0.717) is 12.8 Å². The Kier molecular flexibility index (Phi) is 42.6. The van der Waals surface area contributed by atoms with Crippen LogP contribution in [0, 0.1) is 0 Å². The van der Waals surface area contributed by atoms with Crippen molar-refractivity contribution in [3.63, 3.8) is 0 Å². The third-order valence-electron chi connectivity index (χ3n) is 19.0. The van der Waals surface area contributed by atoms with E-state index in [1.54, 1.807) is 6.08 Å². The molecular weight excluding hydrogens is 1290 g/mol. The van der Waals surface area contributed by atoms with Crippen LogP contribution in [-0.2, 0) is 57.1 Å². The van der Waals surface area contributed by atoms with Gasteiger partial charge in [0.15, 0.2) is 18.9 Å². The molecule has 3 amide bonds. The molecule has 0 aromatic rings. The molecule has 29 heteroatoms. The maximum Gasteiger partial charge on any atom is 0.364 e. The van der Waals surface area contributed by atoms with Crippen LogP contribution in [-0.4, -0.2) is 269 Å². The van der Waals surface area contributed by atoms with Crippen molar-refractivity contribution in [3.8, 4) is 0 Å². The first-order chi connectivity index (χ1) is 47.0. The molecule has 0 aliphatic carbocycles. The van der Waals surface area contributed by atoms with Crippen molar-refractivity contribution < 1.29 is 129 Å². The van der Waals surface area contributed by atoms with Crippen LogP contribution >= 0.6 is 0 Å². The largest absolute Gasteiger partial charge is 0.477 e. The SMILES string of the molecule is CCCCCCCCCCCCCC=CC(O)C(COC1OC(CO)C(OC2OC(CO)C(OC3OC(CO)C(O)C(O)C3NC(C)=O)C(OC3(C(=O)O)CC(O)C(NC(C)=O)C(C(O)C(O)CO)O3)C2O)C(O)C1O)NC(=O)CCCCCCCCCCCCCCCCCCC. The molecule has 4 rings (SSSR count). The lowest BCUT2D eigenvalue weighted by atomic mass is 9.88. The molecule has 4 aliphatic rings. The van der Waals surface area contributed by atoms with E-state index in [1.807, 2.05) is 6.08 Å². The highest BCUT2D eigenvalue weighted by molar-refractivity contribution is 5.77. The molecule has 4 heterocycles. The summed E-state index contributed by atoms with van der Waals surface area (Å²) in [5.74, 6) is -7.36. The van der Waals surface area contributed by atoms with E-state index in [4.69, 9.17) is 37.9 Å². The van der Waals surface area contributed by atoms with Crippen LogP contribution in [0.5, 0.6) is 0 Å². The summed E-state index contributed by atoms with van der Waals surface area (Å²) in [5.41, 5.74) is 0. The highest BCUT2D eigenvalue weighted by Gasteiger charge is 2.61. The van der Waals surface area contributed by atoms with Crippen LogP contribution in [0.2, 0.25) is 0 Å². The van der Waals surface area contributed by atoms with Crippen LogP contribution in [0.3, 0.4) is 0 Å². The van der Waals surface area contributed by atoms with Gasteiger partial charge in [-0.3, -0.25) is 14.4 Å². The number of hydrogen-bond donors (Lipinski definition) is 17. The van der Waals surface area contributed by atoms with Crippen molar-refractivity contribution in [2.75, 3.05) is 33.0 Å². The molecule has 0 saturated carbocycles. The number of rotatable bonds is 51. The highest BCUT2D eigenvalue weighted by Crippen LogP contribution is 2.40. The van der Waals surface area contributed by atoms with Crippen molar-refractivity contribution >= 4 is 23.7 Å². The lowest BCUT2D eigenvalue weighted by molar-refractivity contribution is -0.401. The number of carbonyl (C=O) groups is 4. The minimum atomic E-state index is -3.28. The average molecular weight is 1410 g/mol. The van der Waals surface area contributed by atoms with E-state index in [-0.39, 0.29) is 12.3 Å². The summed E-state index contributed by atoms with van der Waals surface area (Å²) in [6.07, 6.45) is -1.88. The fraction of sp³-hybridized carbons (Fsp3) is 0.913. The first-order valence-electron chi connectivity index (χ1n) is 36.6. The molecule has 4 saturated heterocycles. The van der Waals surface area contributed by atoms with Crippen LogP contribution in [0.1, 0.15) is 227 Å². The van der Waals surface area contributed by atoms with Gasteiger partial charge in [0.1, 0.15) is 91.5 Å². The number of carboxylic acid groups (broad SMARTS) is 1. The topological polar surface area (TPSA) is 461 Å². The van der Waals surface area contributed by atoms with E-state index < -0.39 is 198 Å². The number of hydrogen-bond acceptors (Lipinski definition) is 25. The summed E-state index contributed by atoms with van der Waals surface area (Å²) in [4.78, 5) is 51.9. The molecule has 4 aliphatic heterocycles. The second kappa shape index (κ2) is 47.9. The molecule has 23 unspecified atom stereocenters. The molecule has 0 spiro atoms. The van der Waals surface area contributed by atoms with E-state index in [1.165, 1.54) is 122 Å². The lowest BCUT2D eigenvalue weighted by Gasteiger charge is -2.52. The molecule has 0 radical (unpaired) electrons. The number of aliphatic carboxylic acids is 1. The van der Waals surface area contributed by atoms with Crippen molar-refractivity contribution in [1.82, 2.24) is 16.0 Å². The molecule has 0 aromatic carbocycles. The second-order valence-electron chi connectivity index (χ2n) is 27.2. The van der Waals surface area contributed by atoms with Crippen molar-refractivity contribution in [3.05, 3.63) is 12.2 Å². The Labute approximate surface area is 578 Å². The number of ether oxygens (including phenoxy) is 8. The average Bonchev–Trinajstić information content (AvgIpc) is 0.751. The van der Waals surface area contributed by atoms with Gasteiger partial charge in [0.05, 0.1) is 57.3 Å². The molecule has 0 bridgehead atoms. The zero-order chi connectivity index (χ0) is 72.2. The van der Waals surface area contributed by atoms with Gasteiger partial charge in [0, 0.05) is 26.7 Å². The molecular formula is C69H125N3O26. The van der Waals surface area contributed by atoms with Crippen molar-refractivity contribution in [2.24, 2.45) is 0 Å². The van der Waals surface area contributed by atoms with Crippen molar-refractivity contribution in [1.29, 1.82) is 0 Å². The summed E-state index contributed by atoms with van der Waals surface area (Å²) >= 11 is 0. The highest BCUT2D eigenvalue weighted by atomic mass is 16.8. The molecule has 572 valence electrons. The van der Waals surface area contributed by atoms with Gasteiger partial charge in [-0.2, -0.15) is 0 Å². The second-order valence-corrected chi connectivity index (χ2v) is 27.2. The van der Waals surface area contributed by atoms with Gasteiger partial charge in [-0.25, -0.2) is 4.79 Å². The molecule has 0 aromatic heterocycles. The lowest BCUT2D eigenvalue weighted by Crippen LogP contribution is -2.72. The Hall–Kier alpha value is -3.22. The predicted molar refractivity (Wildman–Crippen MR) is 355 cm³/mol. The van der Waals surface area contributed by atoms with Crippen LogP contribution in [0.15, 0.2) is 12.2 Å². The van der Waals surface area contributed by atoms with Crippen LogP contribution in [0.4, 0.5) is 0 Å². The van der Waals surface area contributed by atoms with Crippen LogP contribution < -0.4 is 16.0 Å². The quantitative estimate of drug-likeness (QED) is 0.0305. The number of unbranched alkanes of at least 4 members (excludes halogenated alkanes) is 27. The summed E-state index contributed by atoms with van der Waals surface area (Å²) in [7, 11) is 0. The van der Waals surface area contributed by atoms with Gasteiger partial charge in [0.25, 0.3) is 5.79 Å². The van der Waals surface area contributed by atoms with Gasteiger partial charge < -0.3 is 125 Å². The number of carbonyl (C=O) groups excluding carboxylic acids is 3. The standard InChI is InChI=1S/C69H125N3O26/c1-5-7-9-11-13-15-17-19-20-21-22-24-26-28-30-32-34-36-52(82)72-45(46(79)35-33-31-29-27-25-23-18-16-14-12-10-8-6-2)42-91-66-59(87)58(86)61(50(40-75)93-66)95-67-60(88)64(62(51(41-76)94-67)96-65-54(71-44(4)78)57(85)56(84)49(39-74)92-65)98-69(68(89)90)37-47(80)53(70-43(3)77)63(97-69)55(83)48(81)38-73/h33,35,45-51,53-67,73-76,79-81,83-88H,5-32,34,36-42H2,1-4H3,(H,70,77)(H,71,78)(H,72,82)(H,89,90). The van der Waals surface area contributed by atoms with E-state index in [9.17, 15) is 90.7 Å². The maximum atomic E-state index is 13.6. The van der Waals surface area contributed by atoms with Gasteiger partial charge in [-0.1, -0.05) is 193 Å². The summed E-state index contributed by atoms with van der Waals surface area (Å²) in [6.45, 7) is 1.74. The fourth-order valence-electron chi connectivity index (χ4n) is 13.2. The smallest absolute Gasteiger partial charge is 0.364 e. The zero-order valence-electron chi connectivity index (χ0n) is 58.5. The van der Waals surface area contributed by atoms with Gasteiger partial charge in [-0.05, 0) is 19.3 Å². The minimum absolute atomic E-state index is 0.162. The molecule has 23 atom stereocenters. The number of aliphatic hydroxyl groups excluding tert-OH is 13. The third kappa shape index (κ3) is 28.8. The van der Waals surface area contributed by atoms with Gasteiger partial charge in [0.2, 0.25) is 17.7 Å². The monoisotopic (exact) mass is 1410 g/mol. The Morgan fingerprint density at radius 2 is 0.990 bits per heavy atom. The van der Waals surface area contributed by atoms with E-state index >= 15 is 0 Å². The molecule has 17 N–H and O–H groups in total. The number of nitrogens with one attached hydrogen (secondary N) is 3. The number of aliphatic hydroxyl groups is 13. The van der Waals surface area contributed by atoms with E-state index in [0.717, 1.165) is 65.2 Å². The Morgan fingerprint density at radius 1 is 0.531 bits per heavy atom. The molecule has 4 fully saturated rings. The first-order valence-corrected chi connectivity index (χ1v) is 36.6.